The number of phenolic OH excluding ortho intramolecular Hbond substituents is 1. The third kappa shape index (κ3) is 4.28. The Balaban J connectivity index is 1.88. The molecule has 2 aromatic rings. The minimum Gasteiger partial charge on any atom is -0.507 e. The predicted octanol–water partition coefficient (Wildman–Crippen LogP) is 2.54. The van der Waals surface area contributed by atoms with Gasteiger partial charge in [0.05, 0.1) is 6.21 Å². The highest BCUT2D eigenvalue weighted by Crippen LogP contribution is 2.12. The largest absolute Gasteiger partial charge is 0.507 e. The second-order valence-electron chi connectivity index (χ2n) is 4.22. The van der Waals surface area contributed by atoms with E-state index < -0.39 is 5.97 Å². The minimum absolute atomic E-state index is 0.0256. The van der Waals surface area contributed by atoms with Crippen molar-refractivity contribution in [3.63, 3.8) is 0 Å². The molecule has 0 saturated carbocycles. The SMILES string of the molecule is O=C(CC(=O)c1ccccc1)ON=Cc1ccccc1O. The van der Waals surface area contributed by atoms with Crippen LogP contribution < -0.4 is 0 Å². The topological polar surface area (TPSA) is 76.0 Å². The molecule has 0 saturated heterocycles. The van der Waals surface area contributed by atoms with Crippen molar-refractivity contribution >= 4 is 18.0 Å². The van der Waals surface area contributed by atoms with Gasteiger partial charge in [-0.05, 0) is 12.1 Å². The third-order valence-corrected chi connectivity index (χ3v) is 2.68. The Morgan fingerprint density at radius 3 is 2.43 bits per heavy atom. The van der Waals surface area contributed by atoms with Crippen molar-refractivity contribution in [3.05, 3.63) is 65.7 Å². The lowest BCUT2D eigenvalue weighted by atomic mass is 10.1. The molecule has 0 aromatic heterocycles. The molecule has 0 heterocycles. The monoisotopic (exact) mass is 283 g/mol. The molecule has 21 heavy (non-hydrogen) atoms. The Labute approximate surface area is 121 Å². The molecule has 0 aliphatic carbocycles. The highest BCUT2D eigenvalue weighted by molar-refractivity contribution is 6.05. The number of hydrogen-bond donors (Lipinski definition) is 1. The van der Waals surface area contributed by atoms with Crippen LogP contribution in [0.3, 0.4) is 0 Å². The van der Waals surface area contributed by atoms with Gasteiger partial charge in [0, 0.05) is 11.1 Å². The molecule has 0 aliphatic heterocycles. The highest BCUT2D eigenvalue weighted by Gasteiger charge is 2.12. The first kappa shape index (κ1) is 14.5. The molecule has 5 heteroatoms. The fraction of sp³-hybridized carbons (Fsp3) is 0.0625. The highest BCUT2D eigenvalue weighted by atomic mass is 16.7. The zero-order valence-electron chi connectivity index (χ0n) is 11.1. The van der Waals surface area contributed by atoms with E-state index >= 15 is 0 Å². The fourth-order valence-electron chi connectivity index (χ4n) is 1.63. The van der Waals surface area contributed by atoms with Gasteiger partial charge >= 0.3 is 5.97 Å². The maximum absolute atomic E-state index is 11.7. The van der Waals surface area contributed by atoms with E-state index in [-0.39, 0.29) is 18.0 Å². The van der Waals surface area contributed by atoms with Crippen molar-refractivity contribution in [3.8, 4) is 5.75 Å². The molecule has 0 radical (unpaired) electrons. The van der Waals surface area contributed by atoms with Crippen molar-refractivity contribution in [2.75, 3.05) is 0 Å². The van der Waals surface area contributed by atoms with Crippen LogP contribution >= 0.6 is 0 Å². The Kier molecular flexibility index (Phi) is 4.82. The van der Waals surface area contributed by atoms with Crippen LogP contribution in [0.4, 0.5) is 0 Å². The normalized spacial score (nSPS) is 10.5. The summed E-state index contributed by atoms with van der Waals surface area (Å²) < 4.78 is 0. The number of phenols is 1. The Morgan fingerprint density at radius 2 is 1.71 bits per heavy atom. The van der Waals surface area contributed by atoms with Gasteiger partial charge < -0.3 is 9.94 Å². The van der Waals surface area contributed by atoms with Gasteiger partial charge in [-0.1, -0.05) is 47.6 Å². The Hall–Kier alpha value is -2.95. The summed E-state index contributed by atoms with van der Waals surface area (Å²) >= 11 is 0. The Bertz CT molecular complexity index is 665. The molecular formula is C16H13NO4. The number of oxime groups is 1. The lowest BCUT2D eigenvalue weighted by Gasteiger charge is -1.99. The van der Waals surface area contributed by atoms with Crippen LogP contribution in [-0.2, 0) is 9.63 Å². The number of ketones is 1. The average Bonchev–Trinajstić information content (AvgIpc) is 2.50. The van der Waals surface area contributed by atoms with Gasteiger partial charge in [0.15, 0.2) is 5.78 Å². The van der Waals surface area contributed by atoms with E-state index in [9.17, 15) is 14.7 Å². The fourth-order valence-corrected chi connectivity index (χ4v) is 1.63. The summed E-state index contributed by atoms with van der Waals surface area (Å²) in [5.74, 6) is -1.06. The standard InChI is InChI=1S/C16H13NO4/c18-14-9-5-4-8-13(14)11-17-21-16(20)10-15(19)12-6-2-1-3-7-12/h1-9,11,18H,10H2. The van der Waals surface area contributed by atoms with Gasteiger partial charge in [-0.15, -0.1) is 0 Å². The van der Waals surface area contributed by atoms with Gasteiger partial charge in [-0.3, -0.25) is 4.79 Å². The predicted molar refractivity (Wildman–Crippen MR) is 77.2 cm³/mol. The molecule has 0 bridgehead atoms. The number of Topliss-reactive ketones (excluding diaryl/α,β-unsaturated/α-hetero) is 1. The van der Waals surface area contributed by atoms with Crippen molar-refractivity contribution in [1.82, 2.24) is 0 Å². The number of carbonyl (C=O) groups excluding carboxylic acids is 2. The molecule has 5 nitrogen and oxygen atoms in total. The number of rotatable bonds is 5. The molecule has 0 spiro atoms. The Morgan fingerprint density at radius 1 is 1.05 bits per heavy atom. The van der Waals surface area contributed by atoms with Crippen LogP contribution in [0.1, 0.15) is 22.3 Å². The van der Waals surface area contributed by atoms with Crippen molar-refractivity contribution < 1.29 is 19.5 Å². The summed E-state index contributed by atoms with van der Waals surface area (Å²) in [4.78, 5) is 27.8. The summed E-state index contributed by atoms with van der Waals surface area (Å²) in [6.07, 6.45) is 0.822. The molecule has 0 unspecified atom stereocenters. The zero-order valence-corrected chi connectivity index (χ0v) is 11.1. The molecule has 2 aromatic carbocycles. The first-order valence-corrected chi connectivity index (χ1v) is 6.26. The molecule has 0 aliphatic rings. The maximum Gasteiger partial charge on any atom is 0.342 e. The smallest absolute Gasteiger partial charge is 0.342 e. The number of hydrogen-bond acceptors (Lipinski definition) is 5. The molecule has 106 valence electrons. The second-order valence-corrected chi connectivity index (χ2v) is 4.22. The number of nitrogens with zero attached hydrogens (tertiary/aromatic N) is 1. The van der Waals surface area contributed by atoms with Crippen LogP contribution in [0.2, 0.25) is 0 Å². The van der Waals surface area contributed by atoms with E-state index in [4.69, 9.17) is 0 Å². The summed E-state index contributed by atoms with van der Waals surface area (Å²) in [5, 5.41) is 12.9. The van der Waals surface area contributed by atoms with E-state index in [1.54, 1.807) is 48.5 Å². The quantitative estimate of drug-likeness (QED) is 0.301. The van der Waals surface area contributed by atoms with Gasteiger partial charge in [-0.25, -0.2) is 4.79 Å². The maximum atomic E-state index is 11.7. The van der Waals surface area contributed by atoms with Crippen LogP contribution in [0, 0.1) is 0 Å². The third-order valence-electron chi connectivity index (χ3n) is 2.68. The number of aromatic hydroxyl groups is 1. The van der Waals surface area contributed by atoms with E-state index in [0.717, 1.165) is 0 Å². The molecule has 1 N–H and O–H groups in total. The van der Waals surface area contributed by atoms with E-state index in [1.165, 1.54) is 12.3 Å². The van der Waals surface area contributed by atoms with Crippen LogP contribution in [0.15, 0.2) is 59.8 Å². The van der Waals surface area contributed by atoms with Crippen molar-refractivity contribution in [2.45, 2.75) is 6.42 Å². The van der Waals surface area contributed by atoms with Crippen LogP contribution in [0.5, 0.6) is 5.75 Å². The second kappa shape index (κ2) is 7.00. The van der Waals surface area contributed by atoms with Gasteiger partial charge in [-0.2, -0.15) is 0 Å². The van der Waals surface area contributed by atoms with E-state index in [1.807, 2.05) is 0 Å². The number of benzene rings is 2. The molecule has 0 amide bonds. The summed E-state index contributed by atoms with van der Waals surface area (Å²) in [7, 11) is 0. The van der Waals surface area contributed by atoms with E-state index in [2.05, 4.69) is 9.99 Å². The zero-order chi connectivity index (χ0) is 15.1. The lowest BCUT2D eigenvalue weighted by Crippen LogP contribution is -2.09. The van der Waals surface area contributed by atoms with Gasteiger partial charge in [0.1, 0.15) is 12.2 Å². The summed E-state index contributed by atoms with van der Waals surface area (Å²) in [6.45, 7) is 0. The molecule has 0 fully saturated rings. The van der Waals surface area contributed by atoms with Crippen LogP contribution in [0.25, 0.3) is 0 Å². The first-order chi connectivity index (χ1) is 10.2. The summed E-state index contributed by atoms with van der Waals surface area (Å²) in [6, 6.07) is 14.9. The van der Waals surface area contributed by atoms with E-state index in [0.29, 0.717) is 11.1 Å². The van der Waals surface area contributed by atoms with Crippen molar-refractivity contribution in [2.24, 2.45) is 5.16 Å². The summed E-state index contributed by atoms with van der Waals surface area (Å²) in [5.41, 5.74) is 0.860. The number of carbonyl (C=O) groups is 2. The molecular weight excluding hydrogens is 270 g/mol. The van der Waals surface area contributed by atoms with Crippen LogP contribution in [-0.4, -0.2) is 23.1 Å². The minimum atomic E-state index is -0.754. The van der Waals surface area contributed by atoms with Gasteiger partial charge in [0.2, 0.25) is 0 Å². The van der Waals surface area contributed by atoms with Crippen molar-refractivity contribution in [1.29, 1.82) is 0 Å². The first-order valence-electron chi connectivity index (χ1n) is 6.26. The average molecular weight is 283 g/mol. The number of para-hydroxylation sites is 1. The lowest BCUT2D eigenvalue weighted by molar-refractivity contribution is -0.142. The van der Waals surface area contributed by atoms with Gasteiger partial charge in [0.25, 0.3) is 0 Å². The molecule has 0 atom stereocenters. The molecule has 2 rings (SSSR count).